The van der Waals surface area contributed by atoms with Crippen LogP contribution in [0.5, 0.6) is 0 Å². The van der Waals surface area contributed by atoms with Gasteiger partial charge in [0.15, 0.2) is 0 Å². The molecule has 1 aliphatic carbocycles. The van der Waals surface area contributed by atoms with E-state index in [1.165, 1.54) is 18.5 Å². The first kappa shape index (κ1) is 9.87. The average Bonchev–Trinajstić information content (AvgIpc) is 2.66. The molecule has 2 heterocycles. The molecule has 0 saturated heterocycles. The van der Waals surface area contributed by atoms with Crippen LogP contribution < -0.4 is 0 Å². The van der Waals surface area contributed by atoms with E-state index in [2.05, 4.69) is 4.98 Å². The van der Waals surface area contributed by atoms with Gasteiger partial charge in [0.2, 0.25) is 0 Å². The topological polar surface area (TPSA) is 55.1 Å². The highest BCUT2D eigenvalue weighted by Gasteiger charge is 2.31. The van der Waals surface area contributed by atoms with Gasteiger partial charge in [-0.2, -0.15) is 0 Å². The third kappa shape index (κ3) is 1.36. The highest BCUT2D eigenvalue weighted by atomic mass is 16.4. The summed E-state index contributed by atoms with van der Waals surface area (Å²) in [5, 5.41) is 9.26. The van der Waals surface area contributed by atoms with Crippen molar-refractivity contribution in [2.75, 3.05) is 0 Å². The summed E-state index contributed by atoms with van der Waals surface area (Å²) in [5.74, 6) is 0.303. The van der Waals surface area contributed by atoms with Gasteiger partial charge in [-0.3, -0.25) is 0 Å². The number of fused-ring (bicyclic) bond motifs is 3. The monoisotopic (exact) mass is 220 g/mol. The summed E-state index contributed by atoms with van der Waals surface area (Å²) < 4.78 is 2.01. The van der Waals surface area contributed by atoms with Crippen molar-refractivity contribution in [3.05, 3.63) is 17.2 Å². The molecule has 3 rings (SSSR count). The summed E-state index contributed by atoms with van der Waals surface area (Å²) in [6.45, 7) is 0. The van der Waals surface area contributed by atoms with Crippen molar-refractivity contribution in [1.82, 2.24) is 9.55 Å². The molecule has 1 atom stereocenters. The largest absolute Gasteiger partial charge is 0.480 e. The first-order valence-electron chi connectivity index (χ1n) is 6.09. The number of nitrogens with zero attached hydrogens (tertiary/aromatic N) is 2. The fourth-order valence-corrected chi connectivity index (χ4v) is 2.98. The molecule has 0 amide bonds. The Morgan fingerprint density at radius 2 is 2.06 bits per heavy atom. The molecule has 1 unspecified atom stereocenters. The quantitative estimate of drug-likeness (QED) is 0.784. The van der Waals surface area contributed by atoms with E-state index in [9.17, 15) is 9.90 Å². The zero-order valence-corrected chi connectivity index (χ0v) is 9.28. The van der Waals surface area contributed by atoms with E-state index in [1.807, 2.05) is 4.57 Å². The van der Waals surface area contributed by atoms with Gasteiger partial charge in [-0.25, -0.2) is 9.78 Å². The van der Waals surface area contributed by atoms with E-state index >= 15 is 0 Å². The minimum Gasteiger partial charge on any atom is -0.480 e. The molecule has 16 heavy (non-hydrogen) atoms. The predicted octanol–water partition coefficient (Wildman–Crippen LogP) is 1.72. The number of carbonyl (C=O) groups is 1. The van der Waals surface area contributed by atoms with Gasteiger partial charge in [-0.1, -0.05) is 0 Å². The number of hydrogen-bond acceptors (Lipinski definition) is 2. The molecule has 0 aromatic carbocycles. The van der Waals surface area contributed by atoms with E-state index in [0.29, 0.717) is 0 Å². The molecule has 4 heteroatoms. The SMILES string of the molecule is O=C(O)C1CCCc2nc3c(n21)CCCC3. The Bertz CT molecular complexity index is 436. The van der Waals surface area contributed by atoms with Crippen molar-refractivity contribution in [2.24, 2.45) is 0 Å². The summed E-state index contributed by atoms with van der Waals surface area (Å²) in [6, 6.07) is -0.363. The Balaban J connectivity index is 2.11. The Morgan fingerprint density at radius 3 is 2.88 bits per heavy atom. The van der Waals surface area contributed by atoms with Crippen molar-refractivity contribution in [3.8, 4) is 0 Å². The van der Waals surface area contributed by atoms with Crippen LogP contribution in [0.3, 0.4) is 0 Å². The Labute approximate surface area is 94.3 Å². The zero-order chi connectivity index (χ0) is 11.1. The van der Waals surface area contributed by atoms with Crippen LogP contribution in [0.4, 0.5) is 0 Å². The van der Waals surface area contributed by atoms with Crippen molar-refractivity contribution in [1.29, 1.82) is 0 Å². The van der Waals surface area contributed by atoms with Gasteiger partial charge < -0.3 is 9.67 Å². The molecule has 0 radical (unpaired) electrons. The van der Waals surface area contributed by atoms with Crippen molar-refractivity contribution < 1.29 is 9.90 Å². The Hall–Kier alpha value is -1.32. The number of aryl methyl sites for hydroxylation is 2. The van der Waals surface area contributed by atoms with Crippen LogP contribution in [-0.2, 0) is 24.1 Å². The zero-order valence-electron chi connectivity index (χ0n) is 9.28. The van der Waals surface area contributed by atoms with Crippen molar-refractivity contribution >= 4 is 5.97 Å². The Morgan fingerprint density at radius 1 is 1.25 bits per heavy atom. The van der Waals surface area contributed by atoms with Crippen LogP contribution in [-0.4, -0.2) is 20.6 Å². The van der Waals surface area contributed by atoms with Gasteiger partial charge >= 0.3 is 5.97 Å². The van der Waals surface area contributed by atoms with Crippen molar-refractivity contribution in [3.63, 3.8) is 0 Å². The van der Waals surface area contributed by atoms with Crippen LogP contribution in [0.2, 0.25) is 0 Å². The van der Waals surface area contributed by atoms with Gasteiger partial charge in [0.1, 0.15) is 11.9 Å². The lowest BCUT2D eigenvalue weighted by molar-refractivity contribution is -0.141. The molecule has 1 aromatic rings. The Kier molecular flexibility index (Phi) is 2.23. The van der Waals surface area contributed by atoms with E-state index in [-0.39, 0.29) is 6.04 Å². The second-order valence-electron chi connectivity index (χ2n) is 4.74. The highest BCUT2D eigenvalue weighted by molar-refractivity contribution is 5.72. The molecule has 0 fully saturated rings. The standard InChI is InChI=1S/C12H16N2O2/c15-12(16)10-6-3-7-11-13-8-4-1-2-5-9(8)14(10)11/h10H,1-7H2,(H,15,16). The summed E-state index contributed by atoms with van der Waals surface area (Å²) in [4.78, 5) is 15.9. The number of carboxylic acid groups (broad SMARTS) is 1. The molecule has 1 aromatic heterocycles. The number of aromatic nitrogens is 2. The van der Waals surface area contributed by atoms with Crippen LogP contribution in [0.1, 0.15) is 48.9 Å². The predicted molar refractivity (Wildman–Crippen MR) is 58.5 cm³/mol. The van der Waals surface area contributed by atoms with Crippen molar-refractivity contribution in [2.45, 2.75) is 51.0 Å². The van der Waals surface area contributed by atoms with E-state index in [0.717, 1.165) is 43.6 Å². The molecular formula is C12H16N2O2. The fraction of sp³-hybridized carbons (Fsp3) is 0.667. The molecule has 1 aliphatic heterocycles. The lowest BCUT2D eigenvalue weighted by Crippen LogP contribution is -2.27. The van der Waals surface area contributed by atoms with Gasteiger partial charge in [-0.05, 0) is 38.5 Å². The summed E-state index contributed by atoms with van der Waals surface area (Å²) >= 11 is 0. The van der Waals surface area contributed by atoms with Gasteiger partial charge in [0.25, 0.3) is 0 Å². The lowest BCUT2D eigenvalue weighted by Gasteiger charge is -2.24. The molecule has 2 aliphatic rings. The maximum Gasteiger partial charge on any atom is 0.326 e. The van der Waals surface area contributed by atoms with Gasteiger partial charge in [0.05, 0.1) is 5.69 Å². The summed E-state index contributed by atoms with van der Waals surface area (Å²) in [7, 11) is 0. The molecule has 4 nitrogen and oxygen atoms in total. The lowest BCUT2D eigenvalue weighted by atomic mass is 9.99. The summed E-state index contributed by atoms with van der Waals surface area (Å²) in [5.41, 5.74) is 2.36. The number of aliphatic carboxylic acids is 1. The number of carboxylic acids is 1. The van der Waals surface area contributed by atoms with Gasteiger partial charge in [0, 0.05) is 12.1 Å². The molecular weight excluding hydrogens is 204 g/mol. The number of rotatable bonds is 1. The van der Waals surface area contributed by atoms with Crippen LogP contribution >= 0.6 is 0 Å². The molecule has 1 N–H and O–H groups in total. The van der Waals surface area contributed by atoms with Gasteiger partial charge in [-0.15, -0.1) is 0 Å². The molecule has 0 bridgehead atoms. The molecule has 86 valence electrons. The second kappa shape index (κ2) is 3.61. The van der Waals surface area contributed by atoms with E-state index in [1.54, 1.807) is 0 Å². The minimum atomic E-state index is -0.702. The third-order valence-electron chi connectivity index (χ3n) is 3.72. The normalized spacial score (nSPS) is 23.6. The molecule has 0 saturated carbocycles. The first-order chi connectivity index (χ1) is 7.77. The first-order valence-corrected chi connectivity index (χ1v) is 6.09. The van der Waals surface area contributed by atoms with E-state index < -0.39 is 5.97 Å². The third-order valence-corrected chi connectivity index (χ3v) is 3.72. The number of imidazole rings is 1. The van der Waals surface area contributed by atoms with Crippen LogP contribution in [0.15, 0.2) is 0 Å². The minimum absolute atomic E-state index is 0.363. The highest BCUT2D eigenvalue weighted by Crippen LogP contribution is 2.31. The summed E-state index contributed by atoms with van der Waals surface area (Å²) in [6.07, 6.45) is 7.05. The number of hydrogen-bond donors (Lipinski definition) is 1. The smallest absolute Gasteiger partial charge is 0.326 e. The maximum atomic E-state index is 11.3. The van der Waals surface area contributed by atoms with Crippen LogP contribution in [0.25, 0.3) is 0 Å². The maximum absolute atomic E-state index is 11.3. The average molecular weight is 220 g/mol. The molecule has 0 spiro atoms. The fourth-order valence-electron chi connectivity index (χ4n) is 2.98. The second-order valence-corrected chi connectivity index (χ2v) is 4.74. The van der Waals surface area contributed by atoms with E-state index in [4.69, 9.17) is 0 Å². The van der Waals surface area contributed by atoms with Crippen LogP contribution in [0, 0.1) is 0 Å².